The van der Waals surface area contributed by atoms with Crippen molar-refractivity contribution < 1.29 is 14.4 Å². The van der Waals surface area contributed by atoms with E-state index in [1.165, 1.54) is 11.3 Å². The zero-order valence-corrected chi connectivity index (χ0v) is 13.5. The maximum Gasteiger partial charge on any atom is 0.507 e. The summed E-state index contributed by atoms with van der Waals surface area (Å²) < 4.78 is 13.0. The average Bonchev–Trinajstić information content (AvgIpc) is 2.65. The van der Waals surface area contributed by atoms with E-state index >= 15 is 0 Å². The van der Waals surface area contributed by atoms with Crippen LogP contribution in [-0.2, 0) is 14.9 Å². The molecular formula is C13H22BNO3S. The van der Waals surface area contributed by atoms with Gasteiger partial charge in [-0.15, -0.1) is 11.3 Å². The summed E-state index contributed by atoms with van der Waals surface area (Å²) in [5.41, 5.74) is -0.788. The molecule has 0 unspecified atom stereocenters. The first-order valence-corrected chi connectivity index (χ1v) is 7.31. The van der Waals surface area contributed by atoms with E-state index in [-0.39, 0.29) is 11.2 Å². The highest BCUT2D eigenvalue weighted by Gasteiger charge is 2.53. The SMILES string of the molecule is Cc1nc(C(C)(C)O)sc1B1OC(C)(C)C(C)(C)O1. The second kappa shape index (κ2) is 4.28. The van der Waals surface area contributed by atoms with Crippen molar-refractivity contribution in [2.24, 2.45) is 0 Å². The van der Waals surface area contributed by atoms with Crippen molar-refractivity contribution in [1.82, 2.24) is 4.98 Å². The lowest BCUT2D eigenvalue weighted by Crippen LogP contribution is -2.41. The standard InChI is InChI=1S/C13H22BNO3S/c1-8-9(19-10(15-8)11(2,3)16)14-17-12(4,5)13(6,7)18-14/h16H,1-7H3. The summed E-state index contributed by atoms with van der Waals surface area (Å²) in [6.07, 6.45) is 0. The van der Waals surface area contributed by atoms with Gasteiger partial charge in [-0.3, -0.25) is 0 Å². The molecule has 0 aliphatic carbocycles. The highest BCUT2D eigenvalue weighted by atomic mass is 32.1. The number of thiazole rings is 1. The first-order valence-electron chi connectivity index (χ1n) is 6.50. The monoisotopic (exact) mass is 283 g/mol. The lowest BCUT2D eigenvalue weighted by atomic mass is 9.86. The van der Waals surface area contributed by atoms with Gasteiger partial charge in [-0.25, -0.2) is 4.98 Å². The van der Waals surface area contributed by atoms with Crippen LogP contribution in [0.3, 0.4) is 0 Å². The summed E-state index contributed by atoms with van der Waals surface area (Å²) in [7, 11) is -0.404. The van der Waals surface area contributed by atoms with Crippen molar-refractivity contribution in [3.63, 3.8) is 0 Å². The second-order valence-corrected chi connectivity index (χ2v) is 7.65. The van der Waals surface area contributed by atoms with E-state index in [2.05, 4.69) is 4.98 Å². The zero-order chi connectivity index (χ0) is 14.6. The Balaban J connectivity index is 2.33. The van der Waals surface area contributed by atoms with E-state index in [0.717, 1.165) is 10.5 Å². The Bertz CT molecular complexity index is 475. The summed E-state index contributed by atoms with van der Waals surface area (Å²) >= 11 is 1.45. The van der Waals surface area contributed by atoms with Gasteiger partial charge in [0.2, 0.25) is 0 Å². The minimum absolute atomic E-state index is 0.358. The molecule has 1 aromatic rings. The number of rotatable bonds is 2. The number of nitrogens with zero attached hydrogens (tertiary/aromatic N) is 1. The van der Waals surface area contributed by atoms with E-state index in [1.54, 1.807) is 13.8 Å². The largest absolute Gasteiger partial charge is 0.507 e. The number of aromatic nitrogens is 1. The van der Waals surface area contributed by atoms with E-state index in [0.29, 0.717) is 5.01 Å². The van der Waals surface area contributed by atoms with Gasteiger partial charge in [0, 0.05) is 5.69 Å². The van der Waals surface area contributed by atoms with Crippen LogP contribution >= 0.6 is 11.3 Å². The highest BCUT2D eigenvalue weighted by molar-refractivity contribution is 7.22. The Hall–Kier alpha value is -0.425. The molecule has 19 heavy (non-hydrogen) atoms. The van der Waals surface area contributed by atoms with Crippen molar-refractivity contribution in [3.8, 4) is 0 Å². The van der Waals surface area contributed by atoms with Crippen LogP contribution in [0.5, 0.6) is 0 Å². The molecular weight excluding hydrogens is 261 g/mol. The molecule has 0 saturated carbocycles. The molecule has 0 aromatic carbocycles. The summed E-state index contributed by atoms with van der Waals surface area (Å²) in [5.74, 6) is 0. The molecule has 106 valence electrons. The van der Waals surface area contributed by atoms with Gasteiger partial charge in [0.25, 0.3) is 0 Å². The molecule has 1 aromatic heterocycles. The smallest absolute Gasteiger partial charge is 0.399 e. The van der Waals surface area contributed by atoms with Crippen LogP contribution in [0, 0.1) is 6.92 Å². The predicted octanol–water partition coefficient (Wildman–Crippen LogP) is 1.98. The van der Waals surface area contributed by atoms with Crippen LogP contribution in [0.25, 0.3) is 0 Å². The molecule has 1 aliphatic heterocycles. The summed E-state index contributed by atoms with van der Waals surface area (Å²) in [4.78, 5) is 4.43. The molecule has 4 nitrogen and oxygen atoms in total. The van der Waals surface area contributed by atoms with Crippen LogP contribution < -0.4 is 4.78 Å². The molecule has 1 N–H and O–H groups in total. The maximum atomic E-state index is 10.0. The number of hydrogen-bond acceptors (Lipinski definition) is 5. The number of aliphatic hydroxyl groups is 1. The van der Waals surface area contributed by atoms with Crippen LogP contribution in [0.1, 0.15) is 52.2 Å². The van der Waals surface area contributed by atoms with Gasteiger partial charge >= 0.3 is 7.12 Å². The molecule has 0 bridgehead atoms. The van der Waals surface area contributed by atoms with Gasteiger partial charge in [0.1, 0.15) is 10.6 Å². The summed E-state index contributed by atoms with van der Waals surface area (Å²) in [6.45, 7) is 13.5. The molecule has 1 aliphatic rings. The second-order valence-electron chi connectivity index (χ2n) is 6.62. The zero-order valence-electron chi connectivity index (χ0n) is 12.7. The fraction of sp³-hybridized carbons (Fsp3) is 0.769. The summed E-state index contributed by atoms with van der Waals surface area (Å²) in [5, 5.41) is 10.7. The third-order valence-electron chi connectivity index (χ3n) is 3.82. The highest BCUT2D eigenvalue weighted by Crippen LogP contribution is 2.37. The minimum atomic E-state index is -0.933. The Morgan fingerprint density at radius 2 is 1.63 bits per heavy atom. The third kappa shape index (κ3) is 2.59. The Labute approximate surface area is 119 Å². The van der Waals surface area contributed by atoms with E-state index in [4.69, 9.17) is 9.31 Å². The lowest BCUT2D eigenvalue weighted by molar-refractivity contribution is 0.00578. The molecule has 2 heterocycles. The van der Waals surface area contributed by atoms with E-state index in [1.807, 2.05) is 34.6 Å². The van der Waals surface area contributed by atoms with Crippen molar-refractivity contribution in [1.29, 1.82) is 0 Å². The molecule has 0 spiro atoms. The molecule has 2 rings (SSSR count). The van der Waals surface area contributed by atoms with Crippen molar-refractivity contribution in [3.05, 3.63) is 10.7 Å². The maximum absolute atomic E-state index is 10.0. The minimum Gasteiger partial charge on any atom is -0.399 e. The lowest BCUT2D eigenvalue weighted by Gasteiger charge is -2.32. The number of aryl methyl sites for hydroxylation is 1. The van der Waals surface area contributed by atoms with Gasteiger partial charge in [-0.1, -0.05) is 0 Å². The molecule has 1 saturated heterocycles. The van der Waals surface area contributed by atoms with Crippen molar-refractivity contribution >= 4 is 23.2 Å². The fourth-order valence-electron chi connectivity index (χ4n) is 1.84. The van der Waals surface area contributed by atoms with Crippen molar-refractivity contribution in [2.75, 3.05) is 0 Å². The third-order valence-corrected chi connectivity index (χ3v) is 5.32. The first-order chi connectivity index (χ1) is 8.44. The molecule has 0 radical (unpaired) electrons. The quantitative estimate of drug-likeness (QED) is 0.843. The summed E-state index contributed by atoms with van der Waals surface area (Å²) in [6, 6.07) is 0. The van der Waals surface area contributed by atoms with Crippen LogP contribution in [0.2, 0.25) is 0 Å². The van der Waals surface area contributed by atoms with Crippen LogP contribution in [0.15, 0.2) is 0 Å². The van der Waals surface area contributed by atoms with Gasteiger partial charge in [0.05, 0.1) is 16.0 Å². The van der Waals surface area contributed by atoms with E-state index in [9.17, 15) is 5.11 Å². The molecule has 6 heteroatoms. The molecule has 1 fully saturated rings. The van der Waals surface area contributed by atoms with E-state index < -0.39 is 12.7 Å². The predicted molar refractivity (Wildman–Crippen MR) is 77.8 cm³/mol. The van der Waals surface area contributed by atoms with Gasteiger partial charge < -0.3 is 14.4 Å². The molecule has 0 amide bonds. The fourth-order valence-corrected chi connectivity index (χ4v) is 2.87. The Morgan fingerprint density at radius 3 is 2.00 bits per heavy atom. The Morgan fingerprint density at radius 1 is 1.16 bits per heavy atom. The Kier molecular flexibility index (Phi) is 3.38. The molecule has 0 atom stereocenters. The number of hydrogen-bond donors (Lipinski definition) is 1. The van der Waals surface area contributed by atoms with Gasteiger partial charge in [-0.2, -0.15) is 0 Å². The van der Waals surface area contributed by atoms with Gasteiger partial charge in [-0.05, 0) is 48.5 Å². The van der Waals surface area contributed by atoms with Gasteiger partial charge in [0.15, 0.2) is 0 Å². The average molecular weight is 283 g/mol. The topological polar surface area (TPSA) is 51.6 Å². The van der Waals surface area contributed by atoms with Crippen LogP contribution in [-0.4, -0.2) is 28.4 Å². The van der Waals surface area contributed by atoms with Crippen molar-refractivity contribution in [2.45, 2.75) is 65.3 Å². The first kappa shape index (κ1) is 15.0. The normalized spacial score (nSPS) is 22.0. The van der Waals surface area contributed by atoms with Crippen LogP contribution in [0.4, 0.5) is 0 Å².